The monoisotopic (exact) mass is 254 g/mol. The molecule has 18 heavy (non-hydrogen) atoms. The number of carbonyl (C=O) groups excluding carboxylic acids is 1. The van der Waals surface area contributed by atoms with E-state index in [9.17, 15) is 9.59 Å². The molecule has 0 bridgehead atoms. The molecule has 0 heterocycles. The third-order valence-corrected chi connectivity index (χ3v) is 2.94. The summed E-state index contributed by atoms with van der Waals surface area (Å²) < 4.78 is 0. The van der Waals surface area contributed by atoms with Crippen LogP contribution in [-0.2, 0) is 4.79 Å². The number of carbonyl (C=O) groups is 2. The molecular weight excluding hydrogens is 232 g/mol. The standard InChI is InChI=1S/C13H22N2O3/c1-13(2,3)15(9-8-11(16)17)12(18)14-10-6-4-5-7-10/h4-5,10H,6-9H2,1-3H3,(H,14,18)(H,16,17). The predicted octanol–water partition coefficient (Wildman–Crippen LogP) is 1.99. The molecular formula is C13H22N2O3. The zero-order valence-corrected chi connectivity index (χ0v) is 11.3. The van der Waals surface area contributed by atoms with Crippen LogP contribution in [0.25, 0.3) is 0 Å². The maximum atomic E-state index is 12.2. The Morgan fingerprint density at radius 3 is 2.33 bits per heavy atom. The van der Waals surface area contributed by atoms with Gasteiger partial charge in [-0.3, -0.25) is 4.79 Å². The Hall–Kier alpha value is -1.52. The number of urea groups is 1. The zero-order valence-electron chi connectivity index (χ0n) is 11.3. The number of carboxylic acid groups (broad SMARTS) is 1. The fraction of sp³-hybridized carbons (Fsp3) is 0.692. The quantitative estimate of drug-likeness (QED) is 0.754. The molecule has 5 heteroatoms. The smallest absolute Gasteiger partial charge is 0.318 e. The highest BCUT2D eigenvalue weighted by Gasteiger charge is 2.28. The molecule has 102 valence electrons. The first-order valence-corrected chi connectivity index (χ1v) is 6.25. The van der Waals surface area contributed by atoms with Crippen LogP contribution >= 0.6 is 0 Å². The van der Waals surface area contributed by atoms with E-state index in [1.54, 1.807) is 4.90 Å². The van der Waals surface area contributed by atoms with E-state index in [0.717, 1.165) is 12.8 Å². The van der Waals surface area contributed by atoms with E-state index in [1.807, 2.05) is 32.9 Å². The summed E-state index contributed by atoms with van der Waals surface area (Å²) >= 11 is 0. The molecule has 1 aliphatic carbocycles. The van der Waals surface area contributed by atoms with E-state index in [-0.39, 0.29) is 30.6 Å². The fourth-order valence-electron chi connectivity index (χ4n) is 1.94. The van der Waals surface area contributed by atoms with Gasteiger partial charge in [-0.05, 0) is 33.6 Å². The summed E-state index contributed by atoms with van der Waals surface area (Å²) in [7, 11) is 0. The van der Waals surface area contributed by atoms with Gasteiger partial charge in [-0.25, -0.2) is 4.79 Å². The van der Waals surface area contributed by atoms with E-state index in [0.29, 0.717) is 0 Å². The highest BCUT2D eigenvalue weighted by Crippen LogP contribution is 2.16. The van der Waals surface area contributed by atoms with Crippen molar-refractivity contribution in [3.05, 3.63) is 12.2 Å². The van der Waals surface area contributed by atoms with Gasteiger partial charge in [0.2, 0.25) is 0 Å². The minimum atomic E-state index is -0.889. The van der Waals surface area contributed by atoms with Crippen LogP contribution in [0.2, 0.25) is 0 Å². The average molecular weight is 254 g/mol. The largest absolute Gasteiger partial charge is 0.481 e. The lowest BCUT2D eigenvalue weighted by atomic mass is 10.1. The molecule has 5 nitrogen and oxygen atoms in total. The molecule has 0 unspecified atom stereocenters. The number of hydrogen-bond donors (Lipinski definition) is 2. The Bertz CT molecular complexity index is 337. The van der Waals surface area contributed by atoms with Crippen LogP contribution in [0.4, 0.5) is 4.79 Å². The lowest BCUT2D eigenvalue weighted by Gasteiger charge is -2.36. The molecule has 1 rings (SSSR count). The van der Waals surface area contributed by atoms with Crippen LogP contribution in [0.5, 0.6) is 0 Å². The number of nitrogens with zero attached hydrogens (tertiary/aromatic N) is 1. The summed E-state index contributed by atoms with van der Waals surface area (Å²) in [6, 6.07) is -0.0374. The molecule has 0 saturated heterocycles. The summed E-state index contributed by atoms with van der Waals surface area (Å²) in [6.45, 7) is 5.94. The summed E-state index contributed by atoms with van der Waals surface area (Å²) in [5.74, 6) is -0.889. The van der Waals surface area contributed by atoms with Gasteiger partial charge in [-0.1, -0.05) is 12.2 Å². The van der Waals surface area contributed by atoms with Crippen LogP contribution in [0, 0.1) is 0 Å². The molecule has 1 aliphatic rings. The fourth-order valence-corrected chi connectivity index (χ4v) is 1.94. The molecule has 2 amide bonds. The van der Waals surface area contributed by atoms with E-state index in [4.69, 9.17) is 5.11 Å². The number of aliphatic carboxylic acids is 1. The van der Waals surface area contributed by atoms with Crippen molar-refractivity contribution in [1.82, 2.24) is 10.2 Å². The lowest BCUT2D eigenvalue weighted by molar-refractivity contribution is -0.137. The zero-order chi connectivity index (χ0) is 13.8. The molecule has 0 saturated carbocycles. The molecule has 2 N–H and O–H groups in total. The average Bonchev–Trinajstić information content (AvgIpc) is 2.67. The van der Waals surface area contributed by atoms with Crippen molar-refractivity contribution in [2.24, 2.45) is 0 Å². The van der Waals surface area contributed by atoms with Crippen molar-refractivity contribution in [3.63, 3.8) is 0 Å². The van der Waals surface area contributed by atoms with Gasteiger partial charge in [-0.2, -0.15) is 0 Å². The van der Waals surface area contributed by atoms with Crippen molar-refractivity contribution in [1.29, 1.82) is 0 Å². The SMILES string of the molecule is CC(C)(C)N(CCC(=O)O)C(=O)NC1CC=CC1. The molecule has 0 aromatic carbocycles. The van der Waals surface area contributed by atoms with Gasteiger partial charge in [0.1, 0.15) is 0 Å². The Labute approximate surface area is 108 Å². The van der Waals surface area contributed by atoms with Crippen molar-refractivity contribution >= 4 is 12.0 Å². The number of nitrogens with one attached hydrogen (secondary N) is 1. The summed E-state index contributed by atoms with van der Waals surface area (Å²) in [5, 5.41) is 11.7. The first-order valence-electron chi connectivity index (χ1n) is 6.25. The van der Waals surface area contributed by atoms with Crippen molar-refractivity contribution in [3.8, 4) is 0 Å². The predicted molar refractivity (Wildman–Crippen MR) is 69.4 cm³/mol. The number of rotatable bonds is 4. The second-order valence-electron chi connectivity index (χ2n) is 5.56. The summed E-state index contributed by atoms with van der Waals surface area (Å²) in [5.41, 5.74) is -0.383. The Balaban J connectivity index is 2.57. The Morgan fingerprint density at radius 1 is 1.33 bits per heavy atom. The number of carboxylic acids is 1. The van der Waals surface area contributed by atoms with Gasteiger partial charge in [0.15, 0.2) is 0 Å². The molecule has 0 aromatic rings. The minimum Gasteiger partial charge on any atom is -0.481 e. The van der Waals surface area contributed by atoms with Crippen molar-refractivity contribution in [2.45, 2.75) is 51.6 Å². The third kappa shape index (κ3) is 4.39. The topological polar surface area (TPSA) is 69.6 Å². The first-order chi connectivity index (χ1) is 8.30. The van der Waals surface area contributed by atoms with Gasteiger partial charge in [0, 0.05) is 18.1 Å². The first kappa shape index (κ1) is 14.5. The van der Waals surface area contributed by atoms with Crippen LogP contribution in [0.15, 0.2) is 12.2 Å². The number of hydrogen-bond acceptors (Lipinski definition) is 2. The van der Waals surface area contributed by atoms with E-state index < -0.39 is 5.97 Å². The van der Waals surface area contributed by atoms with Crippen LogP contribution in [-0.4, -0.2) is 40.1 Å². The van der Waals surface area contributed by atoms with E-state index >= 15 is 0 Å². The molecule has 0 radical (unpaired) electrons. The van der Waals surface area contributed by atoms with Gasteiger partial charge in [0.25, 0.3) is 0 Å². The van der Waals surface area contributed by atoms with Crippen molar-refractivity contribution < 1.29 is 14.7 Å². The maximum absolute atomic E-state index is 12.2. The lowest BCUT2D eigenvalue weighted by Crippen LogP contribution is -2.53. The number of amides is 2. The van der Waals surface area contributed by atoms with Gasteiger partial charge >= 0.3 is 12.0 Å². The highest BCUT2D eigenvalue weighted by atomic mass is 16.4. The maximum Gasteiger partial charge on any atom is 0.318 e. The Morgan fingerprint density at radius 2 is 1.89 bits per heavy atom. The van der Waals surface area contributed by atoms with Gasteiger partial charge in [0.05, 0.1) is 6.42 Å². The van der Waals surface area contributed by atoms with Crippen molar-refractivity contribution in [2.75, 3.05) is 6.54 Å². The minimum absolute atomic E-state index is 0.0341. The van der Waals surface area contributed by atoms with Gasteiger partial charge in [-0.15, -0.1) is 0 Å². The molecule has 0 atom stereocenters. The molecule has 0 spiro atoms. The second kappa shape index (κ2) is 5.89. The third-order valence-electron chi connectivity index (χ3n) is 2.94. The Kier molecular flexibility index (Phi) is 4.76. The molecule has 0 aliphatic heterocycles. The normalized spacial score (nSPS) is 15.7. The van der Waals surface area contributed by atoms with E-state index in [2.05, 4.69) is 5.32 Å². The summed E-state index contributed by atoms with van der Waals surface area (Å²) in [6.07, 6.45) is 5.76. The van der Waals surface area contributed by atoms with Crippen LogP contribution < -0.4 is 5.32 Å². The van der Waals surface area contributed by atoms with Crippen LogP contribution in [0.1, 0.15) is 40.0 Å². The summed E-state index contributed by atoms with van der Waals surface area (Å²) in [4.78, 5) is 24.4. The molecule has 0 aromatic heterocycles. The van der Waals surface area contributed by atoms with Crippen LogP contribution in [0.3, 0.4) is 0 Å². The second-order valence-corrected chi connectivity index (χ2v) is 5.56. The highest BCUT2D eigenvalue weighted by molar-refractivity contribution is 5.76. The molecule has 0 fully saturated rings. The van der Waals surface area contributed by atoms with E-state index in [1.165, 1.54) is 0 Å². The van der Waals surface area contributed by atoms with Gasteiger partial charge < -0.3 is 15.3 Å².